The SMILES string of the molecule is CCOc1ccc([C@H]2Nc3ccccc3NC3=C2C(=O)C[C@@H](c2ccc(OC)cc2)C3)cc1OC. The molecule has 180 valence electrons. The van der Waals surface area contributed by atoms with Gasteiger partial charge in [-0.2, -0.15) is 0 Å². The van der Waals surface area contributed by atoms with E-state index in [-0.39, 0.29) is 17.7 Å². The average molecular weight is 471 g/mol. The van der Waals surface area contributed by atoms with Gasteiger partial charge in [0.05, 0.1) is 38.2 Å². The molecule has 0 saturated heterocycles. The number of para-hydroxylation sites is 2. The van der Waals surface area contributed by atoms with Crippen LogP contribution < -0.4 is 24.8 Å². The van der Waals surface area contributed by atoms with Crippen molar-refractivity contribution in [3.8, 4) is 17.2 Å². The Morgan fingerprint density at radius 3 is 2.31 bits per heavy atom. The van der Waals surface area contributed by atoms with Gasteiger partial charge in [0, 0.05) is 17.7 Å². The van der Waals surface area contributed by atoms with Crippen molar-refractivity contribution in [2.75, 3.05) is 31.5 Å². The van der Waals surface area contributed by atoms with Gasteiger partial charge in [-0.3, -0.25) is 4.79 Å². The lowest BCUT2D eigenvalue weighted by atomic mass is 9.78. The summed E-state index contributed by atoms with van der Waals surface area (Å²) in [7, 11) is 3.29. The predicted octanol–water partition coefficient (Wildman–Crippen LogP) is 6.08. The average Bonchev–Trinajstić information content (AvgIpc) is 3.06. The van der Waals surface area contributed by atoms with E-state index in [4.69, 9.17) is 14.2 Å². The van der Waals surface area contributed by atoms with Gasteiger partial charge in [0.25, 0.3) is 0 Å². The van der Waals surface area contributed by atoms with Crippen LogP contribution in [0.2, 0.25) is 0 Å². The number of allylic oxidation sites excluding steroid dienone is 1. The van der Waals surface area contributed by atoms with Gasteiger partial charge in [0.2, 0.25) is 0 Å². The van der Waals surface area contributed by atoms with Crippen LogP contribution in [0.3, 0.4) is 0 Å². The molecule has 1 heterocycles. The van der Waals surface area contributed by atoms with Gasteiger partial charge in [0.1, 0.15) is 5.75 Å². The van der Waals surface area contributed by atoms with E-state index in [1.165, 1.54) is 0 Å². The molecule has 0 amide bonds. The van der Waals surface area contributed by atoms with Crippen LogP contribution in [0.15, 0.2) is 78.0 Å². The Morgan fingerprint density at radius 1 is 0.857 bits per heavy atom. The molecular weight excluding hydrogens is 440 g/mol. The van der Waals surface area contributed by atoms with Gasteiger partial charge < -0.3 is 24.8 Å². The maximum Gasteiger partial charge on any atom is 0.163 e. The molecule has 0 bridgehead atoms. The third-order valence-corrected chi connectivity index (χ3v) is 6.72. The monoisotopic (exact) mass is 470 g/mol. The smallest absolute Gasteiger partial charge is 0.163 e. The fourth-order valence-electron chi connectivity index (χ4n) is 4.99. The zero-order chi connectivity index (χ0) is 24.4. The van der Waals surface area contributed by atoms with Crippen LogP contribution in [0.5, 0.6) is 17.2 Å². The summed E-state index contributed by atoms with van der Waals surface area (Å²) in [6, 6.07) is 21.7. The van der Waals surface area contributed by atoms with Gasteiger partial charge in [-0.25, -0.2) is 0 Å². The highest BCUT2D eigenvalue weighted by Crippen LogP contribution is 2.45. The second-order valence-electron chi connectivity index (χ2n) is 8.78. The van der Waals surface area contributed by atoms with Crippen LogP contribution in [0.25, 0.3) is 0 Å². The first kappa shape index (κ1) is 22.8. The Hall–Kier alpha value is -3.93. The zero-order valence-corrected chi connectivity index (χ0v) is 20.3. The Kier molecular flexibility index (Phi) is 6.36. The minimum Gasteiger partial charge on any atom is -0.497 e. The van der Waals surface area contributed by atoms with Crippen molar-refractivity contribution in [2.45, 2.75) is 31.7 Å². The van der Waals surface area contributed by atoms with E-state index in [0.717, 1.165) is 45.9 Å². The number of hydrogen-bond acceptors (Lipinski definition) is 6. The first-order valence-electron chi connectivity index (χ1n) is 11.9. The number of ketones is 1. The number of rotatable bonds is 6. The molecule has 3 aromatic rings. The number of carbonyl (C=O) groups excluding carboxylic acids is 1. The van der Waals surface area contributed by atoms with Gasteiger partial charge in [-0.15, -0.1) is 0 Å². The second-order valence-corrected chi connectivity index (χ2v) is 8.78. The van der Waals surface area contributed by atoms with Crippen LogP contribution in [-0.2, 0) is 4.79 Å². The summed E-state index contributed by atoms with van der Waals surface area (Å²) in [4.78, 5) is 13.7. The molecule has 0 spiro atoms. The van der Waals surface area contributed by atoms with E-state index in [1.54, 1.807) is 14.2 Å². The van der Waals surface area contributed by atoms with Gasteiger partial charge in [-0.1, -0.05) is 30.3 Å². The summed E-state index contributed by atoms with van der Waals surface area (Å²) in [5.41, 5.74) is 5.73. The summed E-state index contributed by atoms with van der Waals surface area (Å²) in [5.74, 6) is 2.39. The van der Waals surface area contributed by atoms with E-state index in [0.29, 0.717) is 24.5 Å². The number of fused-ring (bicyclic) bond motifs is 1. The maximum absolute atomic E-state index is 13.7. The summed E-state index contributed by atoms with van der Waals surface area (Å²) in [6.07, 6.45) is 1.20. The van der Waals surface area contributed by atoms with Crippen LogP contribution >= 0.6 is 0 Å². The number of benzene rings is 3. The Bertz CT molecular complexity index is 1270. The standard InChI is InChI=1S/C29H30N2O4/c1-4-35-26-14-11-19(17-27(26)34-3)29-28-24(30-22-7-5-6-8-23(22)31-29)15-20(16-25(28)32)18-9-12-21(33-2)13-10-18/h5-14,17,20,29-31H,4,15-16H2,1-3H3/t20-,29+/m0/s1. The van der Waals surface area contributed by atoms with E-state index in [1.807, 2.05) is 61.5 Å². The topological polar surface area (TPSA) is 68.8 Å². The lowest BCUT2D eigenvalue weighted by Gasteiger charge is -2.30. The molecule has 0 saturated carbocycles. The third-order valence-electron chi connectivity index (χ3n) is 6.72. The molecule has 0 unspecified atom stereocenters. The first-order chi connectivity index (χ1) is 17.1. The first-order valence-corrected chi connectivity index (χ1v) is 11.9. The molecule has 6 nitrogen and oxygen atoms in total. The number of hydrogen-bond donors (Lipinski definition) is 2. The maximum atomic E-state index is 13.7. The minimum absolute atomic E-state index is 0.0976. The Morgan fingerprint density at radius 2 is 1.60 bits per heavy atom. The Balaban J connectivity index is 1.57. The van der Waals surface area contributed by atoms with E-state index in [2.05, 4.69) is 22.8 Å². The van der Waals surface area contributed by atoms with E-state index >= 15 is 0 Å². The van der Waals surface area contributed by atoms with Crippen LogP contribution in [0.4, 0.5) is 11.4 Å². The Labute approximate surface area is 205 Å². The summed E-state index contributed by atoms with van der Waals surface area (Å²) in [5, 5.41) is 7.21. The molecule has 3 aromatic carbocycles. The lowest BCUT2D eigenvalue weighted by molar-refractivity contribution is -0.116. The summed E-state index contributed by atoms with van der Waals surface area (Å²) < 4.78 is 16.6. The largest absolute Gasteiger partial charge is 0.497 e. The number of carbonyl (C=O) groups is 1. The van der Waals surface area contributed by atoms with Crippen molar-refractivity contribution in [2.24, 2.45) is 0 Å². The minimum atomic E-state index is -0.310. The molecule has 0 aromatic heterocycles. The normalized spacial score (nSPS) is 19.0. The number of ether oxygens (including phenoxy) is 3. The molecule has 1 aliphatic heterocycles. The molecule has 2 atom stereocenters. The molecule has 2 N–H and O–H groups in total. The molecule has 2 aliphatic rings. The highest BCUT2D eigenvalue weighted by molar-refractivity contribution is 6.01. The van der Waals surface area contributed by atoms with Crippen molar-refractivity contribution in [1.82, 2.24) is 0 Å². The van der Waals surface area contributed by atoms with E-state index in [9.17, 15) is 4.79 Å². The summed E-state index contributed by atoms with van der Waals surface area (Å²) >= 11 is 0. The number of anilines is 2. The fraction of sp³-hybridized carbons (Fsp3) is 0.276. The molecule has 5 rings (SSSR count). The molecule has 0 fully saturated rings. The van der Waals surface area contributed by atoms with Crippen molar-refractivity contribution in [3.63, 3.8) is 0 Å². The van der Waals surface area contributed by atoms with Gasteiger partial charge in [0.15, 0.2) is 17.3 Å². The zero-order valence-electron chi connectivity index (χ0n) is 20.3. The van der Waals surface area contributed by atoms with Crippen LogP contribution in [-0.4, -0.2) is 26.6 Å². The van der Waals surface area contributed by atoms with Gasteiger partial charge >= 0.3 is 0 Å². The van der Waals surface area contributed by atoms with E-state index < -0.39 is 0 Å². The number of Topliss-reactive ketones (excluding diaryl/α,β-unsaturated/α-hetero) is 1. The highest BCUT2D eigenvalue weighted by atomic mass is 16.5. The second kappa shape index (κ2) is 9.74. The quantitative estimate of drug-likeness (QED) is 0.455. The number of nitrogens with one attached hydrogen (secondary N) is 2. The van der Waals surface area contributed by atoms with Gasteiger partial charge in [-0.05, 0) is 66.8 Å². The molecule has 35 heavy (non-hydrogen) atoms. The lowest BCUT2D eigenvalue weighted by Crippen LogP contribution is -2.26. The van der Waals surface area contributed by atoms with Crippen LogP contribution in [0, 0.1) is 0 Å². The number of methoxy groups -OCH3 is 2. The molecule has 6 heteroatoms. The van der Waals surface area contributed by atoms with Crippen molar-refractivity contribution < 1.29 is 19.0 Å². The predicted molar refractivity (Wildman–Crippen MR) is 138 cm³/mol. The van der Waals surface area contributed by atoms with Crippen LogP contribution in [0.1, 0.15) is 42.9 Å². The third kappa shape index (κ3) is 4.44. The van der Waals surface area contributed by atoms with Crippen molar-refractivity contribution >= 4 is 17.2 Å². The molecule has 1 aliphatic carbocycles. The van der Waals surface area contributed by atoms with Crippen molar-refractivity contribution in [3.05, 3.63) is 89.1 Å². The summed E-state index contributed by atoms with van der Waals surface area (Å²) in [6.45, 7) is 2.50. The fourth-order valence-corrected chi connectivity index (χ4v) is 4.99. The molecule has 0 radical (unpaired) electrons. The highest BCUT2D eigenvalue weighted by Gasteiger charge is 2.36. The molecular formula is C29H30N2O4. The van der Waals surface area contributed by atoms with Crippen molar-refractivity contribution in [1.29, 1.82) is 0 Å².